The highest BCUT2D eigenvalue weighted by Gasteiger charge is 2.20. The molecule has 4 heterocycles. The zero-order chi connectivity index (χ0) is 36.0. The van der Waals surface area contributed by atoms with Crippen molar-refractivity contribution >= 4 is 74.2 Å². The van der Waals surface area contributed by atoms with Gasteiger partial charge in [0.1, 0.15) is 22.8 Å². The van der Waals surface area contributed by atoms with Crippen molar-refractivity contribution in [2.24, 2.45) is 33.2 Å². The van der Waals surface area contributed by atoms with Gasteiger partial charge >= 0.3 is 0 Å². The van der Waals surface area contributed by atoms with E-state index in [9.17, 15) is 24.0 Å². The largest absolute Gasteiger partial charge is 0.377 e. The van der Waals surface area contributed by atoms with Gasteiger partial charge < -0.3 is 45.6 Å². The molecule has 0 radical (unpaired) electrons. The molecular formula is C31H37BrN12O5. The first-order valence-electron chi connectivity index (χ1n) is 14.7. The predicted octanol–water partition coefficient (Wildman–Crippen LogP) is 2.41. The number of aliphatic imine (C=N–C) groups is 1. The molecule has 0 aliphatic heterocycles. The second kappa shape index (κ2) is 15.3. The van der Waals surface area contributed by atoms with Gasteiger partial charge in [0.25, 0.3) is 29.5 Å². The van der Waals surface area contributed by atoms with Gasteiger partial charge in [0.15, 0.2) is 5.82 Å². The number of nitrogens with zero attached hydrogens (tertiary/aromatic N) is 6. The first-order chi connectivity index (χ1) is 23.2. The van der Waals surface area contributed by atoms with Crippen LogP contribution in [0.1, 0.15) is 48.4 Å². The molecule has 4 rings (SSSR count). The van der Waals surface area contributed by atoms with Gasteiger partial charge in [-0.2, -0.15) is 5.10 Å². The number of carbonyl (C=O) groups is 5. The summed E-state index contributed by atoms with van der Waals surface area (Å²) in [4.78, 5) is 67.9. The average molecular weight is 738 g/mol. The maximum atomic E-state index is 13.2. The van der Waals surface area contributed by atoms with Crippen LogP contribution in [0, 0.1) is 0 Å². The molecular weight excluding hydrogens is 700 g/mol. The Bertz CT molecular complexity index is 1980. The molecule has 49 heavy (non-hydrogen) atoms. The predicted molar refractivity (Wildman–Crippen MR) is 189 cm³/mol. The van der Waals surface area contributed by atoms with Crippen molar-refractivity contribution in [3.63, 3.8) is 0 Å². The van der Waals surface area contributed by atoms with E-state index < -0.39 is 23.6 Å². The summed E-state index contributed by atoms with van der Waals surface area (Å²) in [7, 11) is 9.99. The molecule has 0 fully saturated rings. The van der Waals surface area contributed by atoms with Crippen molar-refractivity contribution in [1.29, 1.82) is 0 Å². The van der Waals surface area contributed by atoms with Crippen LogP contribution >= 0.6 is 15.9 Å². The van der Waals surface area contributed by atoms with Crippen molar-refractivity contribution in [2.75, 3.05) is 41.9 Å². The van der Waals surface area contributed by atoms with Crippen LogP contribution in [0.2, 0.25) is 0 Å². The average Bonchev–Trinajstić information content (AvgIpc) is 3.80. The van der Waals surface area contributed by atoms with E-state index in [2.05, 4.69) is 64.5 Å². The minimum atomic E-state index is -0.513. The molecule has 0 spiro atoms. The van der Waals surface area contributed by atoms with Crippen LogP contribution in [0.3, 0.4) is 0 Å². The topological polar surface area (TPSA) is 203 Å². The third-order valence-electron chi connectivity index (χ3n) is 7.29. The molecule has 0 aromatic carbocycles. The lowest BCUT2D eigenvalue weighted by Crippen LogP contribution is -2.30. The van der Waals surface area contributed by atoms with Crippen LogP contribution in [-0.4, -0.2) is 79.5 Å². The molecule has 5 amide bonds. The Hall–Kier alpha value is -5.91. The van der Waals surface area contributed by atoms with Gasteiger partial charge in [-0.25, -0.2) is 0 Å². The number of amides is 5. The fourth-order valence-corrected chi connectivity index (χ4v) is 4.92. The Morgan fingerprint density at radius 3 is 1.61 bits per heavy atom. The van der Waals surface area contributed by atoms with Gasteiger partial charge in [-0.05, 0) is 34.1 Å². The van der Waals surface area contributed by atoms with E-state index in [0.29, 0.717) is 35.7 Å². The minimum Gasteiger partial charge on any atom is -0.377 e. The molecule has 0 saturated heterocycles. The highest BCUT2D eigenvalue weighted by Crippen LogP contribution is 2.20. The lowest BCUT2D eigenvalue weighted by Gasteiger charge is -2.07. The Labute approximate surface area is 289 Å². The van der Waals surface area contributed by atoms with Crippen molar-refractivity contribution < 1.29 is 24.0 Å². The monoisotopic (exact) mass is 736 g/mol. The summed E-state index contributed by atoms with van der Waals surface area (Å²) in [6, 6.07) is 6.00. The first kappa shape index (κ1) is 35.9. The summed E-state index contributed by atoms with van der Waals surface area (Å²) < 4.78 is 6.13. The molecule has 0 aliphatic carbocycles. The molecule has 0 bridgehead atoms. The number of anilines is 4. The lowest BCUT2D eigenvalue weighted by molar-refractivity contribution is -0.112. The quantitative estimate of drug-likeness (QED) is 0.0728. The van der Waals surface area contributed by atoms with Gasteiger partial charge in [0, 0.05) is 79.9 Å². The highest BCUT2D eigenvalue weighted by atomic mass is 79.9. The molecule has 4 aromatic heterocycles. The van der Waals surface area contributed by atoms with Gasteiger partial charge in [-0.1, -0.05) is 6.58 Å². The Balaban J connectivity index is 1.37. The summed E-state index contributed by atoms with van der Waals surface area (Å²) >= 11 is 2.99. The van der Waals surface area contributed by atoms with Gasteiger partial charge in [0.05, 0.1) is 27.4 Å². The first-order valence-corrected chi connectivity index (χ1v) is 15.5. The normalized spacial score (nSPS) is 11.1. The Morgan fingerprint density at radius 2 is 1.18 bits per heavy atom. The van der Waals surface area contributed by atoms with E-state index in [4.69, 9.17) is 0 Å². The smallest absolute Gasteiger partial charge is 0.274 e. The number of amidine groups is 1. The van der Waals surface area contributed by atoms with Crippen LogP contribution < -0.4 is 31.9 Å². The van der Waals surface area contributed by atoms with Gasteiger partial charge in [-0.15, -0.1) is 0 Å². The molecule has 0 atom stereocenters. The fraction of sp³-hybridized carbons (Fsp3) is 0.258. The van der Waals surface area contributed by atoms with E-state index in [-0.39, 0.29) is 33.3 Å². The molecule has 0 unspecified atom stereocenters. The Kier molecular flexibility index (Phi) is 11.2. The van der Waals surface area contributed by atoms with Crippen molar-refractivity contribution in [3.05, 3.63) is 76.7 Å². The lowest BCUT2D eigenvalue weighted by atomic mass is 10.3. The maximum Gasteiger partial charge on any atom is 0.274 e. The second-order valence-corrected chi connectivity index (χ2v) is 11.8. The zero-order valence-corrected chi connectivity index (χ0v) is 29.4. The van der Waals surface area contributed by atoms with E-state index >= 15 is 0 Å². The molecule has 4 aromatic rings. The molecule has 258 valence electrons. The number of nitrogens with one attached hydrogen (secondary N) is 6. The molecule has 6 N–H and O–H groups in total. The number of rotatable bonds is 12. The minimum absolute atomic E-state index is 0.108. The zero-order valence-electron chi connectivity index (χ0n) is 27.8. The van der Waals surface area contributed by atoms with E-state index in [0.717, 1.165) is 5.84 Å². The maximum absolute atomic E-state index is 13.2. The number of hydrogen-bond acceptors (Lipinski definition) is 7. The summed E-state index contributed by atoms with van der Waals surface area (Å²) in [6.07, 6.45) is 5.33. The number of aryl methyl sites for hydroxylation is 4. The molecule has 0 aliphatic rings. The molecule has 18 heteroatoms. The number of hydrogen-bond donors (Lipinski definition) is 6. The summed E-state index contributed by atoms with van der Waals surface area (Å²) in [5, 5.41) is 20.7. The third kappa shape index (κ3) is 8.72. The van der Waals surface area contributed by atoms with Crippen LogP contribution in [0.25, 0.3) is 0 Å². The van der Waals surface area contributed by atoms with E-state index in [1.165, 1.54) is 27.4 Å². The van der Waals surface area contributed by atoms with Crippen LogP contribution in [0.5, 0.6) is 0 Å². The second-order valence-electron chi connectivity index (χ2n) is 10.9. The fourth-order valence-electron chi connectivity index (χ4n) is 4.82. The number of carbonyl (C=O) groups excluding carboxylic acids is 5. The SMILES string of the molecule is C=C(Br)C(=O)Nc1cc(C(=O)Nc2cc(C(=O)Nc3cc(C(=O)Nc4cc(C(=O)NCCC(=NC)NC)n(C)c4)n(C)c3)n(C)c2)n(C)n1. The van der Waals surface area contributed by atoms with Crippen molar-refractivity contribution in [2.45, 2.75) is 6.42 Å². The third-order valence-corrected chi connectivity index (χ3v) is 7.65. The summed E-state index contributed by atoms with van der Waals surface area (Å²) in [5.74, 6) is -1.31. The van der Waals surface area contributed by atoms with E-state index in [1.54, 1.807) is 76.1 Å². The van der Waals surface area contributed by atoms with Gasteiger partial charge in [0.2, 0.25) is 0 Å². The molecule has 17 nitrogen and oxygen atoms in total. The standard InChI is InChI=1S/C31H37BrN12O5/c1-17(32)27(45)39-26-13-24(44(7)40-26)31(49)38-20-12-23(43(6)16-20)30(48)37-19-11-22(42(5)15-19)29(47)36-18-10-21(41(4)14-18)28(46)35-9-8-25(33-2)34-3/h10-16H,1,8-9H2,2-7H3,(H,33,34)(H,35,46)(H,36,47)(H,37,48)(H,38,49)(H,39,40,45). The van der Waals surface area contributed by atoms with Crippen molar-refractivity contribution in [3.8, 4) is 0 Å². The summed E-state index contributed by atoms with van der Waals surface area (Å²) in [6.45, 7) is 3.88. The number of halogens is 1. The van der Waals surface area contributed by atoms with Crippen molar-refractivity contribution in [1.82, 2.24) is 34.1 Å². The summed E-state index contributed by atoms with van der Waals surface area (Å²) in [5.41, 5.74) is 2.16. The van der Waals surface area contributed by atoms with E-state index in [1.807, 2.05) is 0 Å². The van der Waals surface area contributed by atoms with Crippen LogP contribution in [0.4, 0.5) is 22.9 Å². The van der Waals surface area contributed by atoms with Gasteiger partial charge in [-0.3, -0.25) is 33.6 Å². The highest BCUT2D eigenvalue weighted by molar-refractivity contribution is 9.12. The molecule has 0 saturated carbocycles. The number of aromatic nitrogens is 5. The van der Waals surface area contributed by atoms with Crippen LogP contribution in [0.15, 0.2) is 58.9 Å². The van der Waals surface area contributed by atoms with Crippen LogP contribution in [-0.2, 0) is 33.0 Å². The Morgan fingerprint density at radius 1 is 0.735 bits per heavy atom.